The maximum absolute atomic E-state index is 5.43. The first-order chi connectivity index (χ1) is 8.88. The third-order valence-electron chi connectivity index (χ3n) is 2.18. The second-order valence-corrected chi connectivity index (χ2v) is 3.66. The lowest BCUT2D eigenvalue weighted by molar-refractivity contribution is 0.305. The number of hydrogen-bond acceptors (Lipinski definition) is 6. The summed E-state index contributed by atoms with van der Waals surface area (Å²) in [5.41, 5.74) is 0. The minimum Gasteiger partial charge on any atom is -0.478 e. The minimum atomic E-state index is 0.559. The molecule has 0 aliphatic heterocycles. The number of nitrogens with one attached hydrogen (secondary N) is 1. The lowest BCUT2D eigenvalue weighted by Gasteiger charge is -2.07. The van der Waals surface area contributed by atoms with Crippen LogP contribution < -0.4 is 10.1 Å². The Morgan fingerprint density at radius 3 is 3.11 bits per heavy atom. The molecule has 7 nitrogen and oxygen atoms in total. The van der Waals surface area contributed by atoms with Gasteiger partial charge in [0.2, 0.25) is 11.8 Å². The molecule has 2 heterocycles. The fraction of sp³-hybridized carbons (Fsp3) is 0.455. The van der Waals surface area contributed by atoms with E-state index in [2.05, 4.69) is 32.5 Å². The Morgan fingerprint density at radius 2 is 2.33 bits per heavy atom. The summed E-state index contributed by atoms with van der Waals surface area (Å²) >= 11 is 0. The van der Waals surface area contributed by atoms with E-state index in [-0.39, 0.29) is 0 Å². The van der Waals surface area contributed by atoms with E-state index in [1.165, 1.54) is 0 Å². The van der Waals surface area contributed by atoms with Crippen LogP contribution in [0.25, 0.3) is 0 Å². The van der Waals surface area contributed by atoms with Crippen LogP contribution in [0.4, 0.5) is 5.95 Å². The van der Waals surface area contributed by atoms with Gasteiger partial charge in [-0.15, -0.1) is 5.10 Å². The van der Waals surface area contributed by atoms with Crippen LogP contribution in [0.2, 0.25) is 0 Å². The van der Waals surface area contributed by atoms with Crippen LogP contribution in [0.1, 0.15) is 13.3 Å². The topological polar surface area (TPSA) is 77.8 Å². The summed E-state index contributed by atoms with van der Waals surface area (Å²) in [6.07, 6.45) is 6.09. The maximum Gasteiger partial charge on any atom is 0.226 e. The van der Waals surface area contributed by atoms with Gasteiger partial charge in [-0.3, -0.25) is 4.68 Å². The molecule has 1 N–H and O–H groups in total. The third kappa shape index (κ3) is 3.69. The first-order valence-corrected chi connectivity index (χ1v) is 5.92. The van der Waals surface area contributed by atoms with Gasteiger partial charge in [-0.2, -0.15) is 4.98 Å². The van der Waals surface area contributed by atoms with E-state index in [1.54, 1.807) is 23.1 Å². The highest BCUT2D eigenvalue weighted by molar-refractivity contribution is 5.27. The van der Waals surface area contributed by atoms with Crippen LogP contribution in [0.5, 0.6) is 5.88 Å². The molecule has 2 rings (SSSR count). The predicted molar refractivity (Wildman–Crippen MR) is 66.3 cm³/mol. The van der Waals surface area contributed by atoms with Crippen molar-refractivity contribution in [2.75, 3.05) is 18.5 Å². The summed E-state index contributed by atoms with van der Waals surface area (Å²) in [7, 11) is 0. The quantitative estimate of drug-likeness (QED) is 0.786. The van der Waals surface area contributed by atoms with Gasteiger partial charge in [0.25, 0.3) is 0 Å². The van der Waals surface area contributed by atoms with Crippen molar-refractivity contribution >= 4 is 5.95 Å². The van der Waals surface area contributed by atoms with E-state index in [0.29, 0.717) is 31.5 Å². The van der Waals surface area contributed by atoms with E-state index in [9.17, 15) is 0 Å². The maximum atomic E-state index is 5.43. The highest BCUT2D eigenvalue weighted by Gasteiger charge is 1.99. The Hall–Kier alpha value is -2.18. The number of nitrogens with zero attached hydrogens (tertiary/aromatic N) is 5. The van der Waals surface area contributed by atoms with E-state index in [0.717, 1.165) is 6.42 Å². The predicted octanol–water partition coefficient (Wildman–Crippen LogP) is 0.969. The van der Waals surface area contributed by atoms with Crippen molar-refractivity contribution in [3.8, 4) is 5.88 Å². The molecule has 7 heteroatoms. The van der Waals surface area contributed by atoms with Crippen LogP contribution in [0.15, 0.2) is 24.7 Å². The summed E-state index contributed by atoms with van der Waals surface area (Å²) in [6, 6.07) is 1.75. The molecule has 0 saturated carbocycles. The van der Waals surface area contributed by atoms with Gasteiger partial charge in [0, 0.05) is 25.0 Å². The van der Waals surface area contributed by atoms with Crippen LogP contribution in [0.3, 0.4) is 0 Å². The molecule has 0 bridgehead atoms. The van der Waals surface area contributed by atoms with Crippen molar-refractivity contribution < 1.29 is 4.74 Å². The average Bonchev–Trinajstić information content (AvgIpc) is 2.90. The molecule has 18 heavy (non-hydrogen) atoms. The first-order valence-electron chi connectivity index (χ1n) is 5.92. The summed E-state index contributed by atoms with van der Waals surface area (Å²) in [4.78, 5) is 8.36. The smallest absolute Gasteiger partial charge is 0.226 e. The van der Waals surface area contributed by atoms with E-state index in [4.69, 9.17) is 4.74 Å². The zero-order chi connectivity index (χ0) is 12.6. The molecule has 2 aromatic heterocycles. The van der Waals surface area contributed by atoms with Crippen molar-refractivity contribution in [2.24, 2.45) is 0 Å². The Bertz CT molecular complexity index is 458. The van der Waals surface area contributed by atoms with Gasteiger partial charge in [0.15, 0.2) is 0 Å². The molecule has 0 atom stereocenters. The molecule has 96 valence electrons. The zero-order valence-electron chi connectivity index (χ0n) is 10.3. The van der Waals surface area contributed by atoms with Crippen molar-refractivity contribution in [2.45, 2.75) is 19.9 Å². The van der Waals surface area contributed by atoms with Gasteiger partial charge in [-0.25, -0.2) is 4.98 Å². The van der Waals surface area contributed by atoms with Gasteiger partial charge < -0.3 is 10.1 Å². The molecule has 0 spiro atoms. The van der Waals surface area contributed by atoms with Crippen molar-refractivity contribution in [3.63, 3.8) is 0 Å². The number of anilines is 1. The van der Waals surface area contributed by atoms with Gasteiger partial charge >= 0.3 is 0 Å². The number of hydrogen-bond donors (Lipinski definition) is 1. The fourth-order valence-corrected chi connectivity index (χ4v) is 1.35. The van der Waals surface area contributed by atoms with Crippen molar-refractivity contribution in [3.05, 3.63) is 24.7 Å². The second-order valence-electron chi connectivity index (χ2n) is 3.66. The molecule has 0 radical (unpaired) electrons. The van der Waals surface area contributed by atoms with Gasteiger partial charge in [-0.1, -0.05) is 12.1 Å². The summed E-state index contributed by atoms with van der Waals surface area (Å²) in [5, 5.41) is 10.7. The van der Waals surface area contributed by atoms with E-state index in [1.807, 2.05) is 6.20 Å². The molecule has 0 amide bonds. The number of rotatable bonds is 7. The molecule has 0 fully saturated rings. The third-order valence-corrected chi connectivity index (χ3v) is 2.18. The van der Waals surface area contributed by atoms with Crippen LogP contribution in [-0.2, 0) is 6.54 Å². The van der Waals surface area contributed by atoms with Crippen molar-refractivity contribution in [1.82, 2.24) is 25.0 Å². The summed E-state index contributed by atoms with van der Waals surface area (Å²) in [6.45, 7) is 4.11. The normalized spacial score (nSPS) is 10.3. The molecule has 0 aliphatic carbocycles. The highest BCUT2D eigenvalue weighted by atomic mass is 16.5. The fourth-order valence-electron chi connectivity index (χ4n) is 1.35. The van der Waals surface area contributed by atoms with Gasteiger partial charge in [0.1, 0.15) is 0 Å². The summed E-state index contributed by atoms with van der Waals surface area (Å²) in [5.74, 6) is 1.15. The zero-order valence-corrected chi connectivity index (χ0v) is 10.3. The van der Waals surface area contributed by atoms with E-state index < -0.39 is 0 Å². The Labute approximate surface area is 105 Å². The largest absolute Gasteiger partial charge is 0.478 e. The molecular formula is C11H16N6O. The van der Waals surface area contributed by atoms with Gasteiger partial charge in [0.05, 0.1) is 19.3 Å². The monoisotopic (exact) mass is 248 g/mol. The minimum absolute atomic E-state index is 0.559. The SMILES string of the molecule is CCCOc1ccnc(NCCn2ccnn2)n1. The highest BCUT2D eigenvalue weighted by Crippen LogP contribution is 2.08. The lowest BCUT2D eigenvalue weighted by Crippen LogP contribution is -2.13. The van der Waals surface area contributed by atoms with Gasteiger partial charge in [-0.05, 0) is 6.42 Å². The molecule has 0 aromatic carbocycles. The van der Waals surface area contributed by atoms with E-state index >= 15 is 0 Å². The molecule has 0 saturated heterocycles. The van der Waals surface area contributed by atoms with Crippen LogP contribution >= 0.6 is 0 Å². The standard InChI is InChI=1S/C11H16N6O/c1-2-9-18-10-3-4-12-11(15-10)13-5-7-17-8-6-14-16-17/h3-4,6,8H,2,5,7,9H2,1H3,(H,12,13,15). The Morgan fingerprint density at radius 1 is 1.39 bits per heavy atom. The second kappa shape index (κ2) is 6.53. The Balaban J connectivity index is 1.81. The molecule has 0 unspecified atom stereocenters. The van der Waals surface area contributed by atoms with Crippen LogP contribution in [-0.4, -0.2) is 38.1 Å². The molecule has 0 aliphatic rings. The number of ether oxygens (including phenoxy) is 1. The Kier molecular flexibility index (Phi) is 4.46. The van der Waals surface area contributed by atoms with Crippen molar-refractivity contribution in [1.29, 1.82) is 0 Å². The summed E-state index contributed by atoms with van der Waals surface area (Å²) < 4.78 is 7.17. The lowest BCUT2D eigenvalue weighted by atomic mass is 10.5. The average molecular weight is 248 g/mol. The first kappa shape index (κ1) is 12.3. The molecule has 2 aromatic rings. The van der Waals surface area contributed by atoms with Crippen LogP contribution in [0, 0.1) is 0 Å². The number of aromatic nitrogens is 5. The molecular weight excluding hydrogens is 232 g/mol.